The number of hydrogen-bond acceptors (Lipinski definition) is 3. The van der Waals surface area contributed by atoms with Crippen LogP contribution in [-0.4, -0.2) is 8.42 Å². The molecule has 0 saturated carbocycles. The van der Waals surface area contributed by atoms with Gasteiger partial charge in [0.25, 0.3) is 0 Å². The molecule has 21 heavy (non-hydrogen) atoms. The van der Waals surface area contributed by atoms with Gasteiger partial charge in [0.05, 0.1) is 10.6 Å². The molecule has 4 nitrogen and oxygen atoms in total. The molecule has 0 radical (unpaired) electrons. The van der Waals surface area contributed by atoms with Crippen LogP contribution >= 0.6 is 15.9 Å². The molecule has 0 spiro atoms. The van der Waals surface area contributed by atoms with Gasteiger partial charge < -0.3 is 5.73 Å². The number of hydrogen-bond donors (Lipinski definition) is 2. The third-order valence-corrected chi connectivity index (χ3v) is 4.91. The van der Waals surface area contributed by atoms with Crippen LogP contribution in [0.1, 0.15) is 5.56 Å². The molecule has 2 aromatic rings. The van der Waals surface area contributed by atoms with Crippen molar-refractivity contribution in [2.75, 3.05) is 5.73 Å². The van der Waals surface area contributed by atoms with Crippen LogP contribution in [0.25, 0.3) is 0 Å². The summed E-state index contributed by atoms with van der Waals surface area (Å²) < 4.78 is 53.2. The molecule has 8 heteroatoms. The molecule has 2 rings (SSSR count). The second kappa shape index (κ2) is 6.08. The summed E-state index contributed by atoms with van der Waals surface area (Å²) in [5, 5.41) is 0. The van der Waals surface area contributed by atoms with Crippen molar-refractivity contribution < 1.29 is 17.2 Å². The summed E-state index contributed by atoms with van der Waals surface area (Å²) in [6.45, 7) is -0.113. The average molecular weight is 377 g/mol. The number of nitrogens with one attached hydrogen (secondary N) is 1. The Labute approximate surface area is 129 Å². The highest BCUT2D eigenvalue weighted by atomic mass is 79.9. The molecule has 0 amide bonds. The van der Waals surface area contributed by atoms with Crippen LogP contribution in [0.4, 0.5) is 14.5 Å². The third kappa shape index (κ3) is 3.78. The van der Waals surface area contributed by atoms with Crippen LogP contribution in [0.15, 0.2) is 45.8 Å². The number of nitrogens with two attached hydrogens (primary N) is 1. The zero-order chi connectivity index (χ0) is 15.6. The zero-order valence-corrected chi connectivity index (χ0v) is 13.0. The Hall–Kier alpha value is -1.51. The van der Waals surface area contributed by atoms with Crippen LogP contribution in [0.3, 0.4) is 0 Å². The summed E-state index contributed by atoms with van der Waals surface area (Å²) in [6, 6.07) is 7.05. The highest BCUT2D eigenvalue weighted by Crippen LogP contribution is 2.20. The average Bonchev–Trinajstić information content (AvgIpc) is 2.43. The minimum Gasteiger partial charge on any atom is -0.396 e. The van der Waals surface area contributed by atoms with Gasteiger partial charge in [-0.25, -0.2) is 21.9 Å². The summed E-state index contributed by atoms with van der Waals surface area (Å²) in [7, 11) is -3.87. The van der Waals surface area contributed by atoms with Gasteiger partial charge >= 0.3 is 0 Å². The van der Waals surface area contributed by atoms with Crippen LogP contribution in [0.2, 0.25) is 0 Å². The van der Waals surface area contributed by atoms with E-state index in [1.807, 2.05) is 0 Å². The van der Waals surface area contributed by atoms with Gasteiger partial charge in [-0.1, -0.05) is 15.9 Å². The highest BCUT2D eigenvalue weighted by molar-refractivity contribution is 9.10. The van der Waals surface area contributed by atoms with Crippen LogP contribution in [0.5, 0.6) is 0 Å². The molecule has 0 aliphatic carbocycles. The van der Waals surface area contributed by atoms with Crippen molar-refractivity contribution in [3.05, 3.63) is 58.1 Å². The van der Waals surface area contributed by atoms with Crippen molar-refractivity contribution in [2.24, 2.45) is 0 Å². The smallest absolute Gasteiger partial charge is 0.240 e. The number of sulfonamides is 1. The van der Waals surface area contributed by atoms with Crippen LogP contribution < -0.4 is 10.5 Å². The summed E-state index contributed by atoms with van der Waals surface area (Å²) in [5.41, 5.74) is 5.52. The largest absolute Gasteiger partial charge is 0.396 e. The predicted molar refractivity (Wildman–Crippen MR) is 78.9 cm³/mol. The van der Waals surface area contributed by atoms with Gasteiger partial charge in [-0.05, 0) is 42.0 Å². The monoisotopic (exact) mass is 376 g/mol. The van der Waals surface area contributed by atoms with E-state index in [9.17, 15) is 17.2 Å². The van der Waals surface area contributed by atoms with Gasteiger partial charge in [0.2, 0.25) is 10.0 Å². The lowest BCUT2D eigenvalue weighted by Crippen LogP contribution is -2.23. The Kier molecular flexibility index (Phi) is 4.60. The molecule has 112 valence electrons. The van der Waals surface area contributed by atoms with Crippen molar-refractivity contribution in [1.82, 2.24) is 4.72 Å². The van der Waals surface area contributed by atoms with E-state index in [0.717, 1.165) is 18.2 Å². The van der Waals surface area contributed by atoms with E-state index in [1.165, 1.54) is 18.2 Å². The SMILES string of the molecule is Nc1cc(S(=O)(=O)NCc2cc(F)ccc2Br)ccc1F. The Balaban J connectivity index is 2.21. The number of anilines is 1. The fourth-order valence-electron chi connectivity index (χ4n) is 1.62. The van der Waals surface area contributed by atoms with Crippen LogP contribution in [0, 0.1) is 11.6 Å². The van der Waals surface area contributed by atoms with E-state index in [1.54, 1.807) is 0 Å². The van der Waals surface area contributed by atoms with E-state index in [-0.39, 0.29) is 17.1 Å². The van der Waals surface area contributed by atoms with E-state index >= 15 is 0 Å². The minimum atomic E-state index is -3.87. The Morgan fingerprint density at radius 1 is 1.14 bits per heavy atom. The standard InChI is InChI=1S/C13H11BrF2N2O2S/c14-11-3-1-9(15)5-8(11)7-18-21(19,20)10-2-4-12(16)13(17)6-10/h1-6,18H,7,17H2. The van der Waals surface area contributed by atoms with Gasteiger partial charge in [-0.2, -0.15) is 0 Å². The van der Waals surface area contributed by atoms with E-state index in [2.05, 4.69) is 20.7 Å². The highest BCUT2D eigenvalue weighted by Gasteiger charge is 2.16. The lowest BCUT2D eigenvalue weighted by Gasteiger charge is -2.09. The van der Waals surface area contributed by atoms with E-state index < -0.39 is 21.7 Å². The Morgan fingerprint density at radius 2 is 1.86 bits per heavy atom. The molecule has 0 unspecified atom stereocenters. The van der Waals surface area contributed by atoms with E-state index in [0.29, 0.717) is 10.0 Å². The topological polar surface area (TPSA) is 72.2 Å². The quantitative estimate of drug-likeness (QED) is 0.805. The van der Waals surface area contributed by atoms with E-state index in [4.69, 9.17) is 5.73 Å². The first kappa shape index (κ1) is 15.9. The number of rotatable bonds is 4. The second-order valence-corrected chi connectivity index (χ2v) is 6.86. The van der Waals surface area contributed by atoms with Gasteiger partial charge in [0.1, 0.15) is 11.6 Å². The number of halogens is 3. The molecular formula is C13H11BrF2N2O2S. The number of nitrogen functional groups attached to an aromatic ring is 1. The van der Waals surface area contributed by atoms with Crippen molar-refractivity contribution in [2.45, 2.75) is 11.4 Å². The fourth-order valence-corrected chi connectivity index (χ4v) is 3.05. The molecule has 0 saturated heterocycles. The maximum atomic E-state index is 13.1. The van der Waals surface area contributed by atoms with Crippen LogP contribution in [-0.2, 0) is 16.6 Å². The first-order valence-electron chi connectivity index (χ1n) is 5.78. The lowest BCUT2D eigenvalue weighted by molar-refractivity contribution is 0.579. The summed E-state index contributed by atoms with van der Waals surface area (Å²) >= 11 is 3.20. The van der Waals surface area contributed by atoms with Crippen molar-refractivity contribution >= 4 is 31.6 Å². The zero-order valence-electron chi connectivity index (χ0n) is 10.6. The summed E-state index contributed by atoms with van der Waals surface area (Å²) in [6.07, 6.45) is 0. The second-order valence-electron chi connectivity index (χ2n) is 4.24. The molecule has 0 aliphatic heterocycles. The molecule has 0 bridgehead atoms. The predicted octanol–water partition coefficient (Wildman–Crippen LogP) is 2.79. The number of benzene rings is 2. The Morgan fingerprint density at radius 3 is 2.52 bits per heavy atom. The molecule has 0 fully saturated rings. The molecule has 0 aromatic heterocycles. The third-order valence-electron chi connectivity index (χ3n) is 2.74. The van der Waals surface area contributed by atoms with Crippen molar-refractivity contribution in [1.29, 1.82) is 0 Å². The first-order valence-corrected chi connectivity index (χ1v) is 8.06. The van der Waals surface area contributed by atoms with Crippen molar-refractivity contribution in [3.63, 3.8) is 0 Å². The fraction of sp³-hybridized carbons (Fsp3) is 0.0769. The maximum Gasteiger partial charge on any atom is 0.240 e. The first-order chi connectivity index (χ1) is 9.79. The lowest BCUT2D eigenvalue weighted by atomic mass is 10.2. The van der Waals surface area contributed by atoms with Gasteiger partial charge in [0.15, 0.2) is 0 Å². The normalized spacial score (nSPS) is 11.6. The maximum absolute atomic E-state index is 13.1. The molecule has 0 atom stereocenters. The summed E-state index contributed by atoms with van der Waals surface area (Å²) in [4.78, 5) is -0.158. The molecular weight excluding hydrogens is 366 g/mol. The Bertz CT molecular complexity index is 782. The molecule has 0 heterocycles. The molecule has 2 aromatic carbocycles. The molecule has 3 N–H and O–H groups in total. The van der Waals surface area contributed by atoms with Gasteiger partial charge in [-0.15, -0.1) is 0 Å². The summed E-state index contributed by atoms with van der Waals surface area (Å²) in [5.74, 6) is -1.17. The minimum absolute atomic E-state index is 0.113. The van der Waals surface area contributed by atoms with Gasteiger partial charge in [-0.3, -0.25) is 0 Å². The van der Waals surface area contributed by atoms with Gasteiger partial charge in [0, 0.05) is 11.0 Å². The van der Waals surface area contributed by atoms with Crippen molar-refractivity contribution in [3.8, 4) is 0 Å². The molecule has 0 aliphatic rings.